The second-order valence-corrected chi connectivity index (χ2v) is 2.95. The maximum atomic E-state index is 7.62. The summed E-state index contributed by atoms with van der Waals surface area (Å²) >= 11 is 0. The first-order chi connectivity index (χ1) is 9.21. The van der Waals surface area contributed by atoms with Crippen molar-refractivity contribution in [1.29, 1.82) is 0 Å². The van der Waals surface area contributed by atoms with Gasteiger partial charge in [-0.25, -0.2) is 0 Å². The van der Waals surface area contributed by atoms with Gasteiger partial charge in [-0.3, -0.25) is 0 Å². The quantitative estimate of drug-likeness (QED) is 0.801. The Morgan fingerprint density at radius 1 is 0.842 bits per heavy atom. The topological polar surface area (TPSA) is 49.7 Å². The Labute approximate surface area is 115 Å². The zero-order chi connectivity index (χ0) is 14.9. The second kappa shape index (κ2) is 15.9. The van der Waals surface area contributed by atoms with Gasteiger partial charge in [-0.15, -0.1) is 0 Å². The van der Waals surface area contributed by atoms with Crippen LogP contribution < -0.4 is 0 Å². The molecule has 104 valence electrons. The Balaban J connectivity index is 0. The molecule has 1 aromatic rings. The SMILES string of the molecule is C=COC=C.C=Cc1ccccc1C=C.OCCO. The fraction of sp³-hybridized carbons (Fsp3) is 0.125. The first-order valence-electron chi connectivity index (χ1n) is 5.64. The van der Waals surface area contributed by atoms with Gasteiger partial charge in [-0.2, -0.15) is 0 Å². The molecule has 0 spiro atoms. The average molecular weight is 262 g/mol. The molecule has 0 fully saturated rings. The predicted octanol–water partition coefficient (Wildman–Crippen LogP) is 3.23. The Bertz CT molecular complexity index is 335. The van der Waals surface area contributed by atoms with E-state index < -0.39 is 0 Å². The summed E-state index contributed by atoms with van der Waals surface area (Å²) < 4.78 is 4.36. The molecule has 0 aliphatic rings. The molecule has 0 unspecified atom stereocenters. The molecule has 0 radical (unpaired) electrons. The molecule has 1 aromatic carbocycles. The number of hydrogen-bond donors (Lipinski definition) is 2. The van der Waals surface area contributed by atoms with Gasteiger partial charge < -0.3 is 14.9 Å². The van der Waals surface area contributed by atoms with Crippen LogP contribution in [0.25, 0.3) is 12.2 Å². The van der Waals surface area contributed by atoms with Crippen molar-refractivity contribution in [2.45, 2.75) is 0 Å². The molecule has 2 N–H and O–H groups in total. The van der Waals surface area contributed by atoms with Crippen LogP contribution in [0.3, 0.4) is 0 Å². The monoisotopic (exact) mass is 262 g/mol. The van der Waals surface area contributed by atoms with Crippen molar-refractivity contribution in [2.24, 2.45) is 0 Å². The number of ether oxygens (including phenoxy) is 1. The highest BCUT2D eigenvalue weighted by Crippen LogP contribution is 2.10. The standard InChI is InChI=1S/C10H10.C4H6O.C2H6O2/c1-3-9-7-5-6-8-10(9)4-2;1-3-5-4-2;3-1-2-4/h3-8H,1-2H2;3-4H,1-2H2;3-4H,1-2H2. The molecule has 3 nitrogen and oxygen atoms in total. The summed E-state index contributed by atoms with van der Waals surface area (Å²) in [7, 11) is 0. The summed E-state index contributed by atoms with van der Waals surface area (Å²) in [6.45, 7) is 13.6. The van der Waals surface area contributed by atoms with Gasteiger partial charge in [-0.05, 0) is 11.1 Å². The summed E-state index contributed by atoms with van der Waals surface area (Å²) in [5.74, 6) is 0. The lowest BCUT2D eigenvalue weighted by molar-refractivity contribution is 0.186. The molecular weight excluding hydrogens is 240 g/mol. The van der Waals surface area contributed by atoms with E-state index in [4.69, 9.17) is 10.2 Å². The van der Waals surface area contributed by atoms with E-state index >= 15 is 0 Å². The van der Waals surface area contributed by atoms with Crippen LogP contribution in [0.15, 0.2) is 63.1 Å². The van der Waals surface area contributed by atoms with Crippen molar-refractivity contribution < 1.29 is 14.9 Å². The van der Waals surface area contributed by atoms with Gasteiger partial charge >= 0.3 is 0 Å². The fourth-order valence-electron chi connectivity index (χ4n) is 0.951. The van der Waals surface area contributed by atoms with Gasteiger partial charge in [0.15, 0.2) is 0 Å². The third-order valence-electron chi connectivity index (χ3n) is 1.73. The van der Waals surface area contributed by atoms with Crippen molar-refractivity contribution in [2.75, 3.05) is 13.2 Å². The summed E-state index contributed by atoms with van der Waals surface area (Å²) in [6, 6.07) is 8.02. The van der Waals surface area contributed by atoms with Crippen LogP contribution in [-0.2, 0) is 4.74 Å². The van der Waals surface area contributed by atoms with E-state index in [9.17, 15) is 0 Å². The molecular formula is C16H22O3. The van der Waals surface area contributed by atoms with Crippen LogP contribution >= 0.6 is 0 Å². The van der Waals surface area contributed by atoms with Crippen LogP contribution in [0.5, 0.6) is 0 Å². The van der Waals surface area contributed by atoms with Gasteiger partial charge in [0.25, 0.3) is 0 Å². The Morgan fingerprint density at radius 2 is 1.21 bits per heavy atom. The maximum Gasteiger partial charge on any atom is 0.0829 e. The minimum Gasteiger partial charge on any atom is -0.474 e. The first kappa shape index (κ1) is 19.2. The second-order valence-electron chi connectivity index (χ2n) is 2.95. The Hall–Kier alpha value is -2.10. The van der Waals surface area contributed by atoms with E-state index in [-0.39, 0.29) is 13.2 Å². The smallest absolute Gasteiger partial charge is 0.0829 e. The Morgan fingerprint density at radius 3 is 1.37 bits per heavy atom. The van der Waals surface area contributed by atoms with Gasteiger partial charge in [0.1, 0.15) is 0 Å². The molecule has 3 heteroatoms. The van der Waals surface area contributed by atoms with Crippen LogP contribution in [0.4, 0.5) is 0 Å². The normalized spacial score (nSPS) is 7.68. The molecule has 0 aliphatic carbocycles. The van der Waals surface area contributed by atoms with Crippen LogP contribution in [0.2, 0.25) is 0 Å². The van der Waals surface area contributed by atoms with Crippen LogP contribution in [-0.4, -0.2) is 23.4 Å². The highest BCUT2D eigenvalue weighted by atomic mass is 16.5. The number of hydrogen-bond acceptors (Lipinski definition) is 3. The van der Waals surface area contributed by atoms with Gasteiger partial charge in [0.05, 0.1) is 25.7 Å². The zero-order valence-corrected chi connectivity index (χ0v) is 11.2. The third kappa shape index (κ3) is 12.2. The predicted molar refractivity (Wildman–Crippen MR) is 82.3 cm³/mol. The first-order valence-corrected chi connectivity index (χ1v) is 5.64. The number of aliphatic hydroxyl groups excluding tert-OH is 2. The number of aliphatic hydroxyl groups is 2. The van der Waals surface area contributed by atoms with Gasteiger partial charge in [0.2, 0.25) is 0 Å². The van der Waals surface area contributed by atoms with Crippen molar-refractivity contribution in [3.05, 3.63) is 74.2 Å². The largest absolute Gasteiger partial charge is 0.474 e. The van der Waals surface area contributed by atoms with Crippen LogP contribution in [0, 0.1) is 0 Å². The molecule has 0 amide bonds. The molecule has 1 rings (SSSR count). The highest BCUT2D eigenvalue weighted by Gasteiger charge is 1.89. The number of rotatable bonds is 5. The van der Waals surface area contributed by atoms with E-state index in [2.05, 4.69) is 31.1 Å². The minimum atomic E-state index is -0.125. The summed E-state index contributed by atoms with van der Waals surface area (Å²) in [5.41, 5.74) is 2.27. The molecule has 0 saturated heterocycles. The fourth-order valence-corrected chi connectivity index (χ4v) is 0.951. The van der Waals surface area contributed by atoms with Crippen molar-refractivity contribution in [3.8, 4) is 0 Å². The molecule has 0 bridgehead atoms. The summed E-state index contributed by atoms with van der Waals surface area (Å²) in [4.78, 5) is 0. The zero-order valence-electron chi connectivity index (χ0n) is 11.2. The van der Waals surface area contributed by atoms with E-state index in [1.165, 1.54) is 12.5 Å². The van der Waals surface area contributed by atoms with E-state index in [1.807, 2.05) is 36.4 Å². The van der Waals surface area contributed by atoms with Crippen molar-refractivity contribution in [1.82, 2.24) is 0 Å². The van der Waals surface area contributed by atoms with E-state index in [0.717, 1.165) is 11.1 Å². The molecule has 0 atom stereocenters. The van der Waals surface area contributed by atoms with Gasteiger partial charge in [0, 0.05) is 0 Å². The van der Waals surface area contributed by atoms with Crippen LogP contribution in [0.1, 0.15) is 11.1 Å². The molecule has 0 aromatic heterocycles. The lowest BCUT2D eigenvalue weighted by Gasteiger charge is -1.96. The van der Waals surface area contributed by atoms with E-state index in [1.54, 1.807) is 0 Å². The summed E-state index contributed by atoms with van der Waals surface area (Å²) in [6.07, 6.45) is 6.29. The lowest BCUT2D eigenvalue weighted by atomic mass is 10.1. The highest BCUT2D eigenvalue weighted by molar-refractivity contribution is 5.63. The molecule has 0 aliphatic heterocycles. The Kier molecular flexibility index (Phi) is 16.1. The van der Waals surface area contributed by atoms with Gasteiger partial charge in [-0.1, -0.05) is 62.7 Å². The maximum absolute atomic E-state index is 7.62. The van der Waals surface area contributed by atoms with Crippen molar-refractivity contribution in [3.63, 3.8) is 0 Å². The molecule has 0 saturated carbocycles. The van der Waals surface area contributed by atoms with Crippen molar-refractivity contribution >= 4 is 12.2 Å². The average Bonchev–Trinajstić information content (AvgIpc) is 2.48. The van der Waals surface area contributed by atoms with E-state index in [0.29, 0.717) is 0 Å². The minimum absolute atomic E-state index is 0.125. The summed E-state index contributed by atoms with van der Waals surface area (Å²) in [5, 5.41) is 15.2. The molecule has 19 heavy (non-hydrogen) atoms. The third-order valence-corrected chi connectivity index (χ3v) is 1.73. The lowest BCUT2D eigenvalue weighted by Crippen LogP contribution is -1.85. The molecule has 0 heterocycles. The number of benzene rings is 1.